The summed E-state index contributed by atoms with van der Waals surface area (Å²) in [7, 11) is 0. The third-order valence-corrected chi connectivity index (χ3v) is 6.00. The van der Waals surface area contributed by atoms with Gasteiger partial charge in [-0.05, 0) is 42.4 Å². The summed E-state index contributed by atoms with van der Waals surface area (Å²) in [5, 5.41) is 8.45. The molecule has 2 aromatic carbocycles. The van der Waals surface area contributed by atoms with Gasteiger partial charge < -0.3 is 9.32 Å². The number of nitrogens with zero attached hydrogens (tertiary/aromatic N) is 3. The number of hydrogen-bond acceptors (Lipinski definition) is 4. The Kier molecular flexibility index (Phi) is 4.88. The van der Waals surface area contributed by atoms with E-state index in [2.05, 4.69) is 46.6 Å². The molecule has 1 aliphatic heterocycles. The van der Waals surface area contributed by atoms with Gasteiger partial charge in [-0.2, -0.15) is 0 Å². The molecule has 0 N–H and O–H groups in total. The SMILES string of the molecule is O=C(Cc1ccc(-c2ccccc2)cc1)N1CCC(c2nnc(C3CC3)o2)CC1. The number of rotatable bonds is 5. The van der Waals surface area contributed by atoms with Gasteiger partial charge in [0.2, 0.25) is 17.7 Å². The Morgan fingerprint density at radius 2 is 1.41 bits per heavy atom. The minimum atomic E-state index is 0.195. The topological polar surface area (TPSA) is 59.2 Å². The number of aromatic nitrogens is 2. The standard InChI is InChI=1S/C24H25N3O2/c28-22(16-17-6-8-19(9-7-17)18-4-2-1-3-5-18)27-14-12-21(13-15-27)24-26-25-23(29-24)20-10-11-20/h1-9,20-21H,10-16H2. The monoisotopic (exact) mass is 387 g/mol. The lowest BCUT2D eigenvalue weighted by atomic mass is 9.96. The van der Waals surface area contributed by atoms with Crippen LogP contribution in [0.25, 0.3) is 11.1 Å². The molecule has 5 rings (SSSR count). The largest absolute Gasteiger partial charge is 0.425 e. The molecule has 5 nitrogen and oxygen atoms in total. The van der Waals surface area contributed by atoms with Gasteiger partial charge in [-0.1, -0.05) is 54.6 Å². The number of carbonyl (C=O) groups excluding carboxylic acids is 1. The third kappa shape index (κ3) is 4.09. The van der Waals surface area contributed by atoms with Crippen LogP contribution in [-0.2, 0) is 11.2 Å². The normalized spacial score (nSPS) is 17.4. The van der Waals surface area contributed by atoms with Gasteiger partial charge in [0.15, 0.2) is 0 Å². The average Bonchev–Trinajstić information content (AvgIpc) is 3.51. The van der Waals surface area contributed by atoms with E-state index in [1.54, 1.807) is 0 Å². The van der Waals surface area contributed by atoms with Crippen molar-refractivity contribution in [1.29, 1.82) is 0 Å². The van der Waals surface area contributed by atoms with Crippen LogP contribution in [0.3, 0.4) is 0 Å². The first-order chi connectivity index (χ1) is 14.3. The fourth-order valence-corrected chi connectivity index (χ4v) is 4.01. The van der Waals surface area contributed by atoms with Gasteiger partial charge in [-0.25, -0.2) is 0 Å². The Labute approximate surface area is 170 Å². The van der Waals surface area contributed by atoms with Crippen LogP contribution in [0, 0.1) is 0 Å². The molecular formula is C24H25N3O2. The molecule has 2 heterocycles. The molecule has 148 valence electrons. The molecule has 1 saturated heterocycles. The van der Waals surface area contributed by atoms with Gasteiger partial charge in [0.05, 0.1) is 6.42 Å². The highest BCUT2D eigenvalue weighted by molar-refractivity contribution is 5.79. The summed E-state index contributed by atoms with van der Waals surface area (Å²) in [5.41, 5.74) is 3.42. The quantitative estimate of drug-likeness (QED) is 0.644. The fraction of sp³-hybridized carbons (Fsp3) is 0.375. The van der Waals surface area contributed by atoms with Crippen molar-refractivity contribution in [1.82, 2.24) is 15.1 Å². The number of benzene rings is 2. The van der Waals surface area contributed by atoms with Crippen LogP contribution in [0.2, 0.25) is 0 Å². The van der Waals surface area contributed by atoms with E-state index in [-0.39, 0.29) is 11.8 Å². The van der Waals surface area contributed by atoms with E-state index < -0.39 is 0 Å². The Morgan fingerprint density at radius 1 is 0.828 bits per heavy atom. The van der Waals surface area contributed by atoms with E-state index in [0.717, 1.165) is 43.3 Å². The van der Waals surface area contributed by atoms with Crippen LogP contribution in [0.1, 0.15) is 54.9 Å². The molecule has 2 fully saturated rings. The molecular weight excluding hydrogens is 362 g/mol. The second-order valence-corrected chi connectivity index (χ2v) is 8.15. The van der Waals surface area contributed by atoms with Gasteiger partial charge in [-0.3, -0.25) is 4.79 Å². The lowest BCUT2D eigenvalue weighted by Gasteiger charge is -2.30. The number of amides is 1. The molecule has 29 heavy (non-hydrogen) atoms. The summed E-state index contributed by atoms with van der Waals surface area (Å²) in [6.45, 7) is 1.51. The van der Waals surface area contributed by atoms with Crippen molar-refractivity contribution < 1.29 is 9.21 Å². The Morgan fingerprint density at radius 3 is 2.03 bits per heavy atom. The summed E-state index contributed by atoms with van der Waals surface area (Å²) >= 11 is 0. The summed E-state index contributed by atoms with van der Waals surface area (Å²) < 4.78 is 5.86. The highest BCUT2D eigenvalue weighted by Gasteiger charge is 2.32. The maximum absolute atomic E-state index is 12.7. The van der Waals surface area contributed by atoms with Crippen molar-refractivity contribution >= 4 is 5.91 Å². The lowest BCUT2D eigenvalue weighted by Crippen LogP contribution is -2.38. The van der Waals surface area contributed by atoms with Crippen molar-refractivity contribution in [3.8, 4) is 11.1 Å². The molecule has 1 aromatic heterocycles. The molecule has 3 aromatic rings. The van der Waals surface area contributed by atoms with Gasteiger partial charge in [-0.15, -0.1) is 10.2 Å². The van der Waals surface area contributed by atoms with Crippen LogP contribution in [0.4, 0.5) is 0 Å². The number of hydrogen-bond donors (Lipinski definition) is 0. The first kappa shape index (κ1) is 18.1. The molecule has 1 aliphatic carbocycles. The first-order valence-electron chi connectivity index (χ1n) is 10.5. The van der Waals surface area contributed by atoms with Crippen molar-refractivity contribution in [3.05, 3.63) is 71.9 Å². The second-order valence-electron chi connectivity index (χ2n) is 8.15. The maximum Gasteiger partial charge on any atom is 0.226 e. The Balaban J connectivity index is 1.15. The summed E-state index contributed by atoms with van der Waals surface area (Å²) in [5.74, 6) is 2.53. The first-order valence-corrected chi connectivity index (χ1v) is 10.5. The molecule has 2 aliphatic rings. The van der Waals surface area contributed by atoms with Gasteiger partial charge in [0.1, 0.15) is 0 Å². The van der Waals surface area contributed by atoms with E-state index in [4.69, 9.17) is 4.42 Å². The van der Waals surface area contributed by atoms with Crippen LogP contribution in [-0.4, -0.2) is 34.1 Å². The lowest BCUT2D eigenvalue weighted by molar-refractivity contribution is -0.131. The van der Waals surface area contributed by atoms with Crippen LogP contribution >= 0.6 is 0 Å². The third-order valence-electron chi connectivity index (χ3n) is 6.00. The second kappa shape index (κ2) is 7.82. The zero-order valence-corrected chi connectivity index (χ0v) is 16.5. The van der Waals surface area contributed by atoms with Crippen molar-refractivity contribution in [2.75, 3.05) is 13.1 Å². The van der Waals surface area contributed by atoms with E-state index in [1.165, 1.54) is 24.0 Å². The van der Waals surface area contributed by atoms with Gasteiger partial charge in [0.25, 0.3) is 0 Å². The number of piperidine rings is 1. The van der Waals surface area contributed by atoms with E-state index in [9.17, 15) is 4.79 Å². The zero-order valence-electron chi connectivity index (χ0n) is 16.5. The molecule has 0 bridgehead atoms. The molecule has 1 saturated carbocycles. The van der Waals surface area contributed by atoms with Gasteiger partial charge in [0, 0.05) is 24.9 Å². The highest BCUT2D eigenvalue weighted by Crippen LogP contribution is 2.40. The minimum absolute atomic E-state index is 0.195. The molecule has 5 heteroatoms. The van der Waals surface area contributed by atoms with Crippen molar-refractivity contribution in [3.63, 3.8) is 0 Å². The summed E-state index contributed by atoms with van der Waals surface area (Å²) in [6, 6.07) is 18.6. The Hall–Kier alpha value is -2.95. The summed E-state index contributed by atoms with van der Waals surface area (Å²) in [4.78, 5) is 14.7. The van der Waals surface area contributed by atoms with E-state index >= 15 is 0 Å². The Bertz CT molecular complexity index is 969. The summed E-state index contributed by atoms with van der Waals surface area (Å²) in [6.07, 6.45) is 4.57. The molecule has 0 atom stereocenters. The molecule has 1 amide bonds. The minimum Gasteiger partial charge on any atom is -0.425 e. The maximum atomic E-state index is 12.7. The predicted molar refractivity (Wildman–Crippen MR) is 110 cm³/mol. The van der Waals surface area contributed by atoms with Crippen LogP contribution in [0.15, 0.2) is 59.0 Å². The number of likely N-dealkylation sites (tertiary alicyclic amines) is 1. The van der Waals surface area contributed by atoms with Crippen molar-refractivity contribution in [2.45, 2.75) is 43.9 Å². The number of carbonyl (C=O) groups is 1. The van der Waals surface area contributed by atoms with E-state index in [1.807, 2.05) is 23.1 Å². The predicted octanol–water partition coefficient (Wildman–Crippen LogP) is 4.56. The molecule has 0 radical (unpaired) electrons. The van der Waals surface area contributed by atoms with E-state index in [0.29, 0.717) is 12.3 Å². The smallest absolute Gasteiger partial charge is 0.226 e. The highest BCUT2D eigenvalue weighted by atomic mass is 16.4. The van der Waals surface area contributed by atoms with Crippen molar-refractivity contribution in [2.24, 2.45) is 0 Å². The zero-order chi connectivity index (χ0) is 19.6. The molecule has 0 spiro atoms. The van der Waals surface area contributed by atoms with Crippen LogP contribution < -0.4 is 0 Å². The average molecular weight is 387 g/mol. The fourth-order valence-electron chi connectivity index (χ4n) is 4.01. The van der Waals surface area contributed by atoms with Crippen LogP contribution in [0.5, 0.6) is 0 Å². The molecule has 0 unspecified atom stereocenters. The van der Waals surface area contributed by atoms with Gasteiger partial charge >= 0.3 is 0 Å².